The third-order valence-corrected chi connectivity index (χ3v) is 6.87. The molecule has 0 bridgehead atoms. The molecule has 0 radical (unpaired) electrons. The van der Waals surface area contributed by atoms with Gasteiger partial charge in [0.2, 0.25) is 5.91 Å². The van der Waals surface area contributed by atoms with Crippen LogP contribution in [0, 0.1) is 5.92 Å². The molecule has 0 fully saturated rings. The molecule has 0 saturated carbocycles. The van der Waals surface area contributed by atoms with Gasteiger partial charge in [0.15, 0.2) is 6.73 Å². The molecule has 1 amide bonds. The van der Waals surface area contributed by atoms with Gasteiger partial charge in [-0.1, -0.05) is 107 Å². The fourth-order valence-electron chi connectivity index (χ4n) is 4.18. The summed E-state index contributed by atoms with van der Waals surface area (Å²) >= 11 is 12.4. The Hall–Kier alpha value is -2.11. The van der Waals surface area contributed by atoms with Crippen molar-refractivity contribution in [2.75, 3.05) is 17.4 Å². The SMILES string of the molecule is CCCCCCCCC(CCCCCC)C(=O)Nc1cc(O)c(NCOc2cccc(Cl)c2)cc1Cl. The first kappa shape index (κ1) is 30.1. The first-order chi connectivity index (χ1) is 17.4. The van der Waals surface area contributed by atoms with E-state index in [4.69, 9.17) is 27.9 Å². The number of unbranched alkanes of at least 4 members (excludes halogenated alkanes) is 8. The minimum Gasteiger partial charge on any atom is -0.506 e. The topological polar surface area (TPSA) is 70.6 Å². The van der Waals surface area contributed by atoms with Gasteiger partial charge in [0.25, 0.3) is 0 Å². The van der Waals surface area contributed by atoms with Gasteiger partial charge in [0, 0.05) is 17.0 Å². The van der Waals surface area contributed by atoms with Crippen LogP contribution in [0.15, 0.2) is 36.4 Å². The summed E-state index contributed by atoms with van der Waals surface area (Å²) in [6, 6.07) is 10.1. The van der Waals surface area contributed by atoms with Crippen molar-refractivity contribution in [1.82, 2.24) is 0 Å². The summed E-state index contributed by atoms with van der Waals surface area (Å²) in [6.07, 6.45) is 13.6. The fraction of sp³-hybridized carbons (Fsp3) is 0.552. The van der Waals surface area contributed by atoms with E-state index in [9.17, 15) is 9.90 Å². The fourth-order valence-corrected chi connectivity index (χ4v) is 4.57. The van der Waals surface area contributed by atoms with Crippen LogP contribution in [0.4, 0.5) is 11.4 Å². The van der Waals surface area contributed by atoms with Gasteiger partial charge in [-0.15, -0.1) is 0 Å². The standard InChI is InChI=1S/C29H42Cl2N2O3/c1-3-5-7-9-10-12-15-22(14-11-8-6-4-2)29(35)33-26-20-28(34)27(19-25(26)31)32-21-36-24-17-13-16-23(30)18-24/h13,16-20,22,32,34H,3-12,14-15,21H2,1-2H3,(H,33,35). The van der Waals surface area contributed by atoms with E-state index in [1.54, 1.807) is 30.3 Å². The van der Waals surface area contributed by atoms with Crippen molar-refractivity contribution in [3.63, 3.8) is 0 Å². The van der Waals surface area contributed by atoms with Crippen molar-refractivity contribution >= 4 is 40.5 Å². The molecule has 0 aliphatic rings. The number of hydrogen-bond donors (Lipinski definition) is 3. The average Bonchev–Trinajstić information content (AvgIpc) is 2.85. The Bertz CT molecular complexity index is 923. The summed E-state index contributed by atoms with van der Waals surface area (Å²) in [7, 11) is 0. The molecule has 0 aromatic heterocycles. The van der Waals surface area contributed by atoms with Crippen LogP contribution in [0.25, 0.3) is 0 Å². The van der Waals surface area contributed by atoms with E-state index >= 15 is 0 Å². The summed E-state index contributed by atoms with van der Waals surface area (Å²) < 4.78 is 5.62. The number of aromatic hydroxyl groups is 1. The molecule has 2 aromatic carbocycles. The first-order valence-corrected chi connectivity index (χ1v) is 14.2. The van der Waals surface area contributed by atoms with E-state index in [0.29, 0.717) is 27.2 Å². The number of rotatable bonds is 18. The third-order valence-electron chi connectivity index (χ3n) is 6.32. The number of anilines is 2. The molecule has 36 heavy (non-hydrogen) atoms. The maximum atomic E-state index is 13.1. The zero-order valence-electron chi connectivity index (χ0n) is 21.8. The lowest BCUT2D eigenvalue weighted by atomic mass is 9.93. The Balaban J connectivity index is 1.93. The predicted molar refractivity (Wildman–Crippen MR) is 153 cm³/mol. The van der Waals surface area contributed by atoms with E-state index in [1.165, 1.54) is 44.6 Å². The molecule has 0 aliphatic heterocycles. The number of hydrogen-bond acceptors (Lipinski definition) is 4. The number of ether oxygens (including phenoxy) is 1. The number of benzene rings is 2. The van der Waals surface area contributed by atoms with E-state index in [0.717, 1.165) is 38.5 Å². The molecular formula is C29H42Cl2N2O3. The van der Waals surface area contributed by atoms with Gasteiger partial charge in [-0.25, -0.2) is 0 Å². The van der Waals surface area contributed by atoms with Crippen LogP contribution in [-0.4, -0.2) is 17.7 Å². The zero-order chi connectivity index (χ0) is 26.2. The van der Waals surface area contributed by atoms with Crippen molar-refractivity contribution in [2.24, 2.45) is 5.92 Å². The van der Waals surface area contributed by atoms with Crippen LogP contribution < -0.4 is 15.4 Å². The molecule has 200 valence electrons. The highest BCUT2D eigenvalue weighted by Gasteiger charge is 2.20. The number of phenols is 1. The Kier molecular flexibility index (Phi) is 14.5. The van der Waals surface area contributed by atoms with Crippen LogP contribution in [0.3, 0.4) is 0 Å². The van der Waals surface area contributed by atoms with Gasteiger partial charge in [0.05, 0.1) is 16.4 Å². The lowest BCUT2D eigenvalue weighted by Gasteiger charge is -2.18. The maximum Gasteiger partial charge on any atom is 0.227 e. The van der Waals surface area contributed by atoms with Gasteiger partial charge < -0.3 is 20.5 Å². The van der Waals surface area contributed by atoms with Crippen molar-refractivity contribution < 1.29 is 14.6 Å². The van der Waals surface area contributed by atoms with E-state index < -0.39 is 0 Å². The maximum absolute atomic E-state index is 13.1. The zero-order valence-corrected chi connectivity index (χ0v) is 23.3. The number of phenolic OH excluding ortho intramolecular Hbond substituents is 1. The molecule has 5 nitrogen and oxygen atoms in total. The van der Waals surface area contributed by atoms with Crippen molar-refractivity contribution in [3.05, 3.63) is 46.4 Å². The molecule has 0 spiro atoms. The van der Waals surface area contributed by atoms with Gasteiger partial charge in [0.1, 0.15) is 11.5 Å². The Morgan fingerprint density at radius 1 is 0.889 bits per heavy atom. The quantitative estimate of drug-likeness (QED) is 0.101. The Morgan fingerprint density at radius 3 is 2.19 bits per heavy atom. The summed E-state index contributed by atoms with van der Waals surface area (Å²) in [6.45, 7) is 4.53. The predicted octanol–water partition coefficient (Wildman–Crippen LogP) is 9.42. The second-order valence-electron chi connectivity index (χ2n) is 9.36. The number of carbonyl (C=O) groups is 1. The van der Waals surface area contributed by atoms with E-state index in [1.807, 2.05) is 0 Å². The first-order valence-electron chi connectivity index (χ1n) is 13.4. The van der Waals surface area contributed by atoms with Crippen molar-refractivity contribution in [1.29, 1.82) is 0 Å². The average molecular weight is 538 g/mol. The van der Waals surface area contributed by atoms with Crippen LogP contribution in [0.2, 0.25) is 10.0 Å². The summed E-state index contributed by atoms with van der Waals surface area (Å²) in [5.74, 6) is 0.529. The molecule has 0 saturated heterocycles. The highest BCUT2D eigenvalue weighted by molar-refractivity contribution is 6.34. The second-order valence-corrected chi connectivity index (χ2v) is 10.2. The summed E-state index contributed by atoms with van der Waals surface area (Å²) in [5.41, 5.74) is 0.838. The third kappa shape index (κ3) is 11.3. The number of carbonyl (C=O) groups excluding carboxylic acids is 1. The molecule has 7 heteroatoms. The van der Waals surface area contributed by atoms with Crippen molar-refractivity contribution in [3.8, 4) is 11.5 Å². The molecule has 1 atom stereocenters. The van der Waals surface area contributed by atoms with Crippen LogP contribution in [-0.2, 0) is 4.79 Å². The van der Waals surface area contributed by atoms with Crippen LogP contribution >= 0.6 is 23.2 Å². The highest BCUT2D eigenvalue weighted by atomic mass is 35.5. The number of nitrogens with one attached hydrogen (secondary N) is 2. The van der Waals surface area contributed by atoms with E-state index in [2.05, 4.69) is 24.5 Å². The molecule has 0 aliphatic carbocycles. The number of halogens is 2. The molecule has 2 aromatic rings. The minimum absolute atomic E-state index is 0.0141. The van der Waals surface area contributed by atoms with Gasteiger partial charge in [-0.2, -0.15) is 0 Å². The van der Waals surface area contributed by atoms with Crippen molar-refractivity contribution in [2.45, 2.75) is 90.9 Å². The lowest BCUT2D eigenvalue weighted by molar-refractivity contribution is -0.120. The molecular weight excluding hydrogens is 495 g/mol. The smallest absolute Gasteiger partial charge is 0.227 e. The molecule has 0 heterocycles. The largest absolute Gasteiger partial charge is 0.506 e. The lowest BCUT2D eigenvalue weighted by Crippen LogP contribution is -2.23. The minimum atomic E-state index is -0.0462. The highest BCUT2D eigenvalue weighted by Crippen LogP contribution is 2.34. The van der Waals surface area contributed by atoms with Gasteiger partial charge >= 0.3 is 0 Å². The monoisotopic (exact) mass is 536 g/mol. The Morgan fingerprint density at radius 2 is 1.53 bits per heavy atom. The van der Waals surface area contributed by atoms with E-state index in [-0.39, 0.29) is 24.3 Å². The molecule has 3 N–H and O–H groups in total. The number of amides is 1. The van der Waals surface area contributed by atoms with Gasteiger partial charge in [-0.05, 0) is 37.1 Å². The molecule has 2 rings (SSSR count). The normalized spacial score (nSPS) is 11.8. The van der Waals surface area contributed by atoms with Gasteiger partial charge in [-0.3, -0.25) is 4.79 Å². The second kappa shape index (κ2) is 17.4. The summed E-state index contributed by atoms with van der Waals surface area (Å²) in [4.78, 5) is 13.1. The Labute approximate surface area is 226 Å². The molecule has 1 unspecified atom stereocenters. The van der Waals surface area contributed by atoms with Crippen LogP contribution in [0.1, 0.15) is 90.9 Å². The van der Waals surface area contributed by atoms with Crippen LogP contribution in [0.5, 0.6) is 11.5 Å². The summed E-state index contributed by atoms with van der Waals surface area (Å²) in [5, 5.41) is 17.4.